The van der Waals surface area contributed by atoms with Gasteiger partial charge in [-0.2, -0.15) is 0 Å². The second-order valence-corrected chi connectivity index (χ2v) is 3.91. The zero-order valence-electron chi connectivity index (χ0n) is 9.46. The first-order valence-corrected chi connectivity index (χ1v) is 5.30. The van der Waals surface area contributed by atoms with E-state index in [2.05, 4.69) is 18.8 Å². The fourth-order valence-electron chi connectivity index (χ4n) is 1.47. The molecule has 2 heteroatoms. The van der Waals surface area contributed by atoms with Gasteiger partial charge in [0.25, 0.3) is 0 Å². The maximum absolute atomic E-state index is 9.38. The lowest BCUT2D eigenvalue weighted by Gasteiger charge is -2.15. The molecule has 2 N–H and O–H groups in total. The van der Waals surface area contributed by atoms with Crippen molar-refractivity contribution in [2.75, 3.05) is 5.32 Å². The summed E-state index contributed by atoms with van der Waals surface area (Å²) in [7, 11) is 0. The summed E-state index contributed by atoms with van der Waals surface area (Å²) in [6.45, 7) is 7.75. The molecular formula is C13H19NO. The predicted molar refractivity (Wildman–Crippen MR) is 65.4 cm³/mol. The van der Waals surface area contributed by atoms with Crippen LogP contribution in [0.25, 0.3) is 0 Å². The summed E-state index contributed by atoms with van der Waals surface area (Å²) in [5, 5.41) is 12.8. The molecule has 0 fully saturated rings. The molecule has 0 radical (unpaired) electrons. The Hall–Kier alpha value is -1.44. The third-order valence-corrected chi connectivity index (χ3v) is 2.41. The van der Waals surface area contributed by atoms with Gasteiger partial charge in [-0.25, -0.2) is 0 Å². The van der Waals surface area contributed by atoms with Crippen molar-refractivity contribution in [3.8, 4) is 5.75 Å². The van der Waals surface area contributed by atoms with Crippen molar-refractivity contribution in [1.82, 2.24) is 0 Å². The Bertz CT molecular complexity index is 333. The summed E-state index contributed by atoms with van der Waals surface area (Å²) >= 11 is 0. The van der Waals surface area contributed by atoms with Crippen LogP contribution < -0.4 is 5.32 Å². The molecule has 1 rings (SSSR count). The summed E-state index contributed by atoms with van der Waals surface area (Å²) in [4.78, 5) is 0. The minimum Gasteiger partial charge on any atom is -0.508 e. The number of rotatable bonds is 5. The van der Waals surface area contributed by atoms with Crippen molar-refractivity contribution in [3.63, 3.8) is 0 Å². The van der Waals surface area contributed by atoms with Crippen LogP contribution in [0.3, 0.4) is 0 Å². The number of nitrogens with one attached hydrogen (secondary N) is 1. The first-order chi connectivity index (χ1) is 7.13. The molecule has 0 aromatic heterocycles. The lowest BCUT2D eigenvalue weighted by atomic mass is 10.1. The lowest BCUT2D eigenvalue weighted by Crippen LogP contribution is -2.14. The molecule has 1 unspecified atom stereocenters. The monoisotopic (exact) mass is 205 g/mol. The minimum atomic E-state index is 0.347. The number of aryl methyl sites for hydroxylation is 1. The molecule has 1 atom stereocenters. The van der Waals surface area contributed by atoms with Gasteiger partial charge in [0.2, 0.25) is 0 Å². The molecule has 0 saturated heterocycles. The highest BCUT2D eigenvalue weighted by Crippen LogP contribution is 2.21. The molecule has 0 amide bonds. The van der Waals surface area contributed by atoms with E-state index in [9.17, 15) is 5.11 Å². The maximum atomic E-state index is 9.38. The Labute approximate surface area is 91.6 Å². The molecular weight excluding hydrogens is 186 g/mol. The number of benzene rings is 1. The second kappa shape index (κ2) is 5.44. The van der Waals surface area contributed by atoms with Crippen molar-refractivity contribution in [2.45, 2.75) is 32.7 Å². The van der Waals surface area contributed by atoms with E-state index in [1.807, 2.05) is 25.1 Å². The summed E-state index contributed by atoms with van der Waals surface area (Å²) in [6, 6.07) is 6.00. The Morgan fingerprint density at radius 3 is 2.87 bits per heavy atom. The molecule has 1 aromatic rings. The van der Waals surface area contributed by atoms with E-state index in [0.717, 1.165) is 24.1 Å². The molecule has 0 saturated carbocycles. The van der Waals surface area contributed by atoms with E-state index in [0.29, 0.717) is 11.8 Å². The Balaban J connectivity index is 2.56. The highest BCUT2D eigenvalue weighted by Gasteiger charge is 2.02. The van der Waals surface area contributed by atoms with Crippen molar-refractivity contribution in [2.24, 2.45) is 0 Å². The lowest BCUT2D eigenvalue weighted by molar-refractivity contribution is 0.471. The number of allylic oxidation sites excluding steroid dienone is 1. The second-order valence-electron chi connectivity index (χ2n) is 3.91. The summed E-state index contributed by atoms with van der Waals surface area (Å²) < 4.78 is 0. The third-order valence-electron chi connectivity index (χ3n) is 2.41. The van der Waals surface area contributed by atoms with Crippen molar-refractivity contribution in [3.05, 3.63) is 36.4 Å². The molecule has 0 aliphatic carbocycles. The van der Waals surface area contributed by atoms with Crippen LogP contribution in [0, 0.1) is 6.92 Å². The number of phenolic OH excluding ortho intramolecular Hbond substituents is 1. The normalized spacial score (nSPS) is 12.1. The van der Waals surface area contributed by atoms with Crippen molar-refractivity contribution in [1.29, 1.82) is 0 Å². The number of aromatic hydroxyl groups is 1. The first-order valence-electron chi connectivity index (χ1n) is 5.30. The van der Waals surface area contributed by atoms with Crippen LogP contribution in [0.1, 0.15) is 25.3 Å². The largest absolute Gasteiger partial charge is 0.508 e. The van der Waals surface area contributed by atoms with Gasteiger partial charge in [0.05, 0.1) is 0 Å². The molecule has 0 aliphatic heterocycles. The van der Waals surface area contributed by atoms with E-state index in [4.69, 9.17) is 0 Å². The van der Waals surface area contributed by atoms with Crippen LogP contribution in [0.4, 0.5) is 5.69 Å². The van der Waals surface area contributed by atoms with Crippen molar-refractivity contribution < 1.29 is 5.11 Å². The van der Waals surface area contributed by atoms with Gasteiger partial charge in [-0.1, -0.05) is 6.08 Å². The fraction of sp³-hybridized carbons (Fsp3) is 0.385. The summed E-state index contributed by atoms with van der Waals surface area (Å²) in [6.07, 6.45) is 4.02. The zero-order chi connectivity index (χ0) is 11.3. The van der Waals surface area contributed by atoms with Gasteiger partial charge >= 0.3 is 0 Å². The number of phenols is 1. The average molecular weight is 205 g/mol. The van der Waals surface area contributed by atoms with Crippen LogP contribution in [-0.2, 0) is 0 Å². The fourth-order valence-corrected chi connectivity index (χ4v) is 1.47. The molecule has 0 spiro atoms. The van der Waals surface area contributed by atoms with E-state index >= 15 is 0 Å². The van der Waals surface area contributed by atoms with E-state index < -0.39 is 0 Å². The average Bonchev–Trinajstić information content (AvgIpc) is 2.20. The quantitative estimate of drug-likeness (QED) is 0.570. The number of hydrogen-bond acceptors (Lipinski definition) is 2. The molecule has 0 bridgehead atoms. The standard InChI is InChI=1S/C13H19NO/c1-4-5-6-11(3)14-12-7-8-13(15)10(2)9-12/h4,7-9,11,14-15H,1,5-6H2,2-3H3. The van der Waals surface area contributed by atoms with Gasteiger partial charge in [-0.15, -0.1) is 6.58 Å². The van der Waals surface area contributed by atoms with Gasteiger partial charge in [0.15, 0.2) is 0 Å². The third kappa shape index (κ3) is 3.66. The summed E-state index contributed by atoms with van der Waals surface area (Å²) in [5.74, 6) is 0.347. The Kier molecular flexibility index (Phi) is 4.22. The Morgan fingerprint density at radius 2 is 2.27 bits per heavy atom. The molecule has 1 aromatic carbocycles. The maximum Gasteiger partial charge on any atom is 0.118 e. The highest BCUT2D eigenvalue weighted by molar-refractivity contribution is 5.50. The number of hydrogen-bond donors (Lipinski definition) is 2. The van der Waals surface area contributed by atoms with Gasteiger partial charge < -0.3 is 10.4 Å². The topological polar surface area (TPSA) is 32.3 Å². The van der Waals surface area contributed by atoms with E-state index in [1.54, 1.807) is 6.07 Å². The van der Waals surface area contributed by atoms with Crippen molar-refractivity contribution >= 4 is 5.69 Å². The van der Waals surface area contributed by atoms with E-state index in [-0.39, 0.29) is 0 Å². The molecule has 0 aliphatic rings. The van der Waals surface area contributed by atoms with Crippen LogP contribution in [0.2, 0.25) is 0 Å². The predicted octanol–water partition coefficient (Wildman–Crippen LogP) is 3.47. The zero-order valence-corrected chi connectivity index (χ0v) is 9.46. The van der Waals surface area contributed by atoms with Gasteiger partial charge in [0, 0.05) is 11.7 Å². The highest BCUT2D eigenvalue weighted by atomic mass is 16.3. The van der Waals surface area contributed by atoms with Gasteiger partial charge in [-0.3, -0.25) is 0 Å². The number of anilines is 1. The first kappa shape index (κ1) is 11.6. The molecule has 15 heavy (non-hydrogen) atoms. The smallest absolute Gasteiger partial charge is 0.118 e. The molecule has 2 nitrogen and oxygen atoms in total. The van der Waals surface area contributed by atoms with Crippen LogP contribution >= 0.6 is 0 Å². The van der Waals surface area contributed by atoms with Crippen LogP contribution in [0.5, 0.6) is 5.75 Å². The van der Waals surface area contributed by atoms with Crippen LogP contribution in [0.15, 0.2) is 30.9 Å². The summed E-state index contributed by atoms with van der Waals surface area (Å²) in [5.41, 5.74) is 1.96. The minimum absolute atomic E-state index is 0.347. The van der Waals surface area contributed by atoms with Gasteiger partial charge in [-0.05, 0) is 50.5 Å². The SMILES string of the molecule is C=CCCC(C)Nc1ccc(O)c(C)c1. The Morgan fingerprint density at radius 1 is 1.53 bits per heavy atom. The van der Waals surface area contributed by atoms with E-state index in [1.165, 1.54) is 0 Å². The van der Waals surface area contributed by atoms with Crippen LogP contribution in [-0.4, -0.2) is 11.1 Å². The molecule has 0 heterocycles. The van der Waals surface area contributed by atoms with Gasteiger partial charge in [0.1, 0.15) is 5.75 Å². The molecule has 82 valence electrons.